The fourth-order valence-corrected chi connectivity index (χ4v) is 2.32. The summed E-state index contributed by atoms with van der Waals surface area (Å²) in [5.74, 6) is -0.477. The van der Waals surface area contributed by atoms with E-state index in [9.17, 15) is 4.39 Å². The molecule has 0 saturated heterocycles. The molecule has 1 heterocycles. The molecule has 1 aromatic rings. The number of aromatic nitrogens is 1. The van der Waals surface area contributed by atoms with Gasteiger partial charge in [-0.05, 0) is 25.8 Å². The van der Waals surface area contributed by atoms with Gasteiger partial charge in [0.15, 0.2) is 0 Å². The Morgan fingerprint density at radius 2 is 2.33 bits per heavy atom. The van der Waals surface area contributed by atoms with E-state index in [0.29, 0.717) is 12.8 Å². The largest absolute Gasteiger partial charge is 0.325 e. The number of nitriles is 1. The van der Waals surface area contributed by atoms with Crippen LogP contribution in [0.15, 0.2) is 12.3 Å². The van der Waals surface area contributed by atoms with Crippen LogP contribution in [0, 0.1) is 23.2 Å². The maximum Gasteiger partial charge on any atom is 0.146 e. The normalized spacial score (nSPS) is 34.3. The summed E-state index contributed by atoms with van der Waals surface area (Å²) in [5, 5.41) is 9.12. The average molecular weight is 204 g/mol. The molecule has 1 aliphatic rings. The summed E-state index contributed by atoms with van der Waals surface area (Å²) < 4.78 is 13.5. The van der Waals surface area contributed by atoms with Crippen molar-refractivity contribution in [1.82, 2.24) is 4.98 Å². The highest BCUT2D eigenvalue weighted by molar-refractivity contribution is 5.35. The van der Waals surface area contributed by atoms with Crippen molar-refractivity contribution in [3.8, 4) is 6.07 Å². The molecule has 77 valence electrons. The van der Waals surface area contributed by atoms with Crippen LogP contribution in [0.25, 0.3) is 0 Å². The topological polar surface area (TPSA) is 62.7 Å². The Morgan fingerprint density at radius 3 is 2.80 bits per heavy atom. The standard InChI is InChI=1S/C11H11FN3/c1-10(14)5-11(6-10,7-13)9-8(12)3-2-4-15-9/h3-4H,5-6,14H2,1H3. The summed E-state index contributed by atoms with van der Waals surface area (Å²) in [6.07, 6.45) is 2.28. The molecule has 3 nitrogen and oxygen atoms in total. The third-order valence-electron chi connectivity index (χ3n) is 2.78. The van der Waals surface area contributed by atoms with E-state index in [1.165, 1.54) is 12.3 Å². The SMILES string of the molecule is CC1(N)CC(C#N)(c2nc[c]cc2F)C1. The Labute approximate surface area is 87.7 Å². The van der Waals surface area contributed by atoms with E-state index >= 15 is 0 Å². The lowest BCUT2D eigenvalue weighted by Crippen LogP contribution is -2.58. The molecule has 2 rings (SSSR count). The number of nitrogens with two attached hydrogens (primary N) is 1. The third kappa shape index (κ3) is 1.49. The molecule has 0 aliphatic heterocycles. The van der Waals surface area contributed by atoms with Gasteiger partial charge in [0.1, 0.15) is 11.2 Å². The third-order valence-corrected chi connectivity index (χ3v) is 2.78. The molecule has 1 aromatic heterocycles. The summed E-state index contributed by atoms with van der Waals surface area (Å²) >= 11 is 0. The van der Waals surface area contributed by atoms with E-state index in [0.717, 1.165) is 0 Å². The maximum absolute atomic E-state index is 13.5. The molecule has 15 heavy (non-hydrogen) atoms. The van der Waals surface area contributed by atoms with Crippen molar-refractivity contribution in [1.29, 1.82) is 5.26 Å². The van der Waals surface area contributed by atoms with Crippen molar-refractivity contribution in [2.75, 3.05) is 0 Å². The number of pyridine rings is 1. The van der Waals surface area contributed by atoms with Crippen LogP contribution in [0.5, 0.6) is 0 Å². The van der Waals surface area contributed by atoms with Crippen LogP contribution in [-0.4, -0.2) is 10.5 Å². The minimum atomic E-state index is -0.845. The van der Waals surface area contributed by atoms with Gasteiger partial charge in [-0.25, -0.2) is 4.39 Å². The number of hydrogen-bond donors (Lipinski definition) is 1. The molecule has 0 aromatic carbocycles. The minimum Gasteiger partial charge on any atom is -0.325 e. The van der Waals surface area contributed by atoms with Crippen molar-refractivity contribution in [2.45, 2.75) is 30.7 Å². The van der Waals surface area contributed by atoms with Gasteiger partial charge in [-0.3, -0.25) is 4.98 Å². The van der Waals surface area contributed by atoms with Crippen LogP contribution in [0.4, 0.5) is 4.39 Å². The lowest BCUT2D eigenvalue weighted by Gasteiger charge is -2.47. The zero-order valence-corrected chi connectivity index (χ0v) is 8.42. The summed E-state index contributed by atoms with van der Waals surface area (Å²) in [5.41, 5.74) is 4.82. The summed E-state index contributed by atoms with van der Waals surface area (Å²) in [7, 11) is 0. The molecule has 4 heteroatoms. The Kier molecular flexibility index (Phi) is 2.02. The number of hydrogen-bond acceptors (Lipinski definition) is 3. The quantitative estimate of drug-likeness (QED) is 0.749. The van der Waals surface area contributed by atoms with E-state index in [-0.39, 0.29) is 11.2 Å². The fraction of sp³-hybridized carbons (Fsp3) is 0.455. The predicted octanol–water partition coefficient (Wildman–Crippen LogP) is 1.29. The first-order valence-electron chi connectivity index (χ1n) is 4.71. The van der Waals surface area contributed by atoms with Crippen molar-refractivity contribution in [3.05, 3.63) is 29.8 Å². The van der Waals surface area contributed by atoms with E-state index < -0.39 is 11.2 Å². The molecule has 1 aliphatic carbocycles. The zero-order chi connectivity index (χ0) is 11.1. The molecular formula is C11H11FN3. The van der Waals surface area contributed by atoms with Gasteiger partial charge in [-0.2, -0.15) is 5.26 Å². The van der Waals surface area contributed by atoms with Gasteiger partial charge < -0.3 is 5.73 Å². The fourth-order valence-electron chi connectivity index (χ4n) is 2.32. The molecule has 1 radical (unpaired) electrons. The minimum absolute atomic E-state index is 0.201. The maximum atomic E-state index is 13.5. The first-order chi connectivity index (χ1) is 6.99. The number of nitrogens with zero attached hydrogens (tertiary/aromatic N) is 2. The van der Waals surface area contributed by atoms with Crippen LogP contribution < -0.4 is 5.73 Å². The number of rotatable bonds is 1. The van der Waals surface area contributed by atoms with Gasteiger partial charge >= 0.3 is 0 Å². The van der Waals surface area contributed by atoms with Crippen LogP contribution >= 0.6 is 0 Å². The van der Waals surface area contributed by atoms with Crippen LogP contribution in [0.1, 0.15) is 25.5 Å². The van der Waals surface area contributed by atoms with Gasteiger partial charge in [-0.15, -0.1) is 0 Å². The highest BCUT2D eigenvalue weighted by Crippen LogP contribution is 2.48. The van der Waals surface area contributed by atoms with E-state index in [2.05, 4.69) is 17.1 Å². The summed E-state index contributed by atoms with van der Waals surface area (Å²) in [4.78, 5) is 3.90. The van der Waals surface area contributed by atoms with Crippen molar-refractivity contribution >= 4 is 0 Å². The Balaban J connectivity index is 2.39. The van der Waals surface area contributed by atoms with Crippen molar-refractivity contribution in [2.24, 2.45) is 5.73 Å². The van der Waals surface area contributed by atoms with E-state index in [1.807, 2.05) is 6.92 Å². The zero-order valence-electron chi connectivity index (χ0n) is 8.42. The lowest BCUT2D eigenvalue weighted by atomic mass is 9.57. The highest BCUT2D eigenvalue weighted by atomic mass is 19.1. The predicted molar refractivity (Wildman–Crippen MR) is 52.1 cm³/mol. The van der Waals surface area contributed by atoms with Crippen LogP contribution in [-0.2, 0) is 5.41 Å². The first kappa shape index (κ1) is 10.1. The molecule has 1 saturated carbocycles. The molecule has 0 unspecified atom stereocenters. The van der Waals surface area contributed by atoms with Gasteiger partial charge in [0.05, 0.1) is 11.8 Å². The average Bonchev–Trinajstić information content (AvgIpc) is 2.14. The lowest BCUT2D eigenvalue weighted by molar-refractivity contribution is 0.162. The second kappa shape index (κ2) is 3.01. The second-order valence-electron chi connectivity index (χ2n) is 4.47. The molecule has 0 atom stereocenters. The molecular weight excluding hydrogens is 193 g/mol. The van der Waals surface area contributed by atoms with E-state index in [4.69, 9.17) is 11.0 Å². The molecule has 2 N–H and O–H groups in total. The van der Waals surface area contributed by atoms with Crippen molar-refractivity contribution < 1.29 is 4.39 Å². The number of halogens is 1. The molecule has 0 spiro atoms. The smallest absolute Gasteiger partial charge is 0.146 e. The molecule has 0 bridgehead atoms. The summed E-state index contributed by atoms with van der Waals surface area (Å²) in [6.45, 7) is 1.86. The Bertz CT molecular complexity index is 426. The van der Waals surface area contributed by atoms with Crippen LogP contribution in [0.2, 0.25) is 0 Å². The van der Waals surface area contributed by atoms with Crippen LogP contribution in [0.3, 0.4) is 0 Å². The van der Waals surface area contributed by atoms with Gasteiger partial charge in [0, 0.05) is 17.8 Å². The second-order valence-corrected chi connectivity index (χ2v) is 4.47. The monoisotopic (exact) mass is 204 g/mol. The van der Waals surface area contributed by atoms with Gasteiger partial charge in [-0.1, -0.05) is 0 Å². The molecule has 1 fully saturated rings. The highest BCUT2D eigenvalue weighted by Gasteiger charge is 2.53. The van der Waals surface area contributed by atoms with Gasteiger partial charge in [0.25, 0.3) is 0 Å². The molecule has 0 amide bonds. The summed E-state index contributed by atoms with van der Waals surface area (Å²) in [6, 6.07) is 5.87. The Hall–Kier alpha value is -1.47. The van der Waals surface area contributed by atoms with Gasteiger partial charge in [0.2, 0.25) is 0 Å². The van der Waals surface area contributed by atoms with Crippen molar-refractivity contribution in [3.63, 3.8) is 0 Å². The van der Waals surface area contributed by atoms with E-state index in [1.54, 1.807) is 0 Å². The first-order valence-corrected chi connectivity index (χ1v) is 4.71. The Morgan fingerprint density at radius 1 is 1.67 bits per heavy atom.